The van der Waals surface area contributed by atoms with Gasteiger partial charge in [-0.05, 0) is 38.8 Å². The number of ether oxygens (including phenoxy) is 1. The van der Waals surface area contributed by atoms with Gasteiger partial charge in [-0.1, -0.05) is 30.3 Å². The molecule has 8 heteroatoms. The van der Waals surface area contributed by atoms with Gasteiger partial charge in [0.05, 0.1) is 24.2 Å². The topological polar surface area (TPSA) is 92.9 Å². The van der Waals surface area contributed by atoms with Gasteiger partial charge in [-0.2, -0.15) is 10.1 Å². The second kappa shape index (κ2) is 7.71. The number of nitrogens with one attached hydrogen (secondary N) is 2. The Morgan fingerprint density at radius 3 is 2.71 bits per heavy atom. The zero-order valence-electron chi connectivity index (χ0n) is 18.5. The summed E-state index contributed by atoms with van der Waals surface area (Å²) in [5.41, 5.74) is 3.07. The highest BCUT2D eigenvalue weighted by Gasteiger charge is 2.45. The molecular formula is C23H28N6O2. The van der Waals surface area contributed by atoms with Gasteiger partial charge in [0.15, 0.2) is 0 Å². The summed E-state index contributed by atoms with van der Waals surface area (Å²) >= 11 is 0. The van der Waals surface area contributed by atoms with E-state index in [2.05, 4.69) is 44.7 Å². The molecule has 2 N–H and O–H groups in total. The summed E-state index contributed by atoms with van der Waals surface area (Å²) in [5.74, 6) is 0.0506. The van der Waals surface area contributed by atoms with Gasteiger partial charge in [0.1, 0.15) is 11.3 Å². The molecule has 31 heavy (non-hydrogen) atoms. The number of aliphatic imine (C=N–C) groups is 2. The maximum atomic E-state index is 11.9. The molecule has 1 aromatic heterocycles. The van der Waals surface area contributed by atoms with Crippen molar-refractivity contribution in [3.8, 4) is 0 Å². The molecule has 0 saturated carbocycles. The van der Waals surface area contributed by atoms with Gasteiger partial charge >= 0.3 is 6.09 Å². The van der Waals surface area contributed by atoms with Gasteiger partial charge < -0.3 is 15.4 Å². The summed E-state index contributed by atoms with van der Waals surface area (Å²) in [5, 5.41) is 10.6. The van der Waals surface area contributed by atoms with E-state index in [4.69, 9.17) is 4.74 Å². The lowest BCUT2D eigenvalue weighted by Crippen LogP contribution is -2.43. The maximum Gasteiger partial charge on any atom is 0.407 e. The van der Waals surface area contributed by atoms with Crippen molar-refractivity contribution in [3.63, 3.8) is 0 Å². The third-order valence-corrected chi connectivity index (χ3v) is 5.38. The molecule has 162 valence electrons. The number of aryl methyl sites for hydroxylation is 1. The standard InChI is InChI=1S/C23H28N6O2/c1-22(2,3)31-21(30)24-11-15-6-8-16(9-7-15)20-18-10-19(17-12-27-29(5)13-17)28-23(18,4)26-14-25-20/h6-10,12-13,18,20,28H,11H2,1-5H3,(H,24,30). The van der Waals surface area contributed by atoms with Gasteiger partial charge in [-0.3, -0.25) is 4.68 Å². The largest absolute Gasteiger partial charge is 0.444 e. The number of amides is 1. The van der Waals surface area contributed by atoms with Crippen LogP contribution >= 0.6 is 0 Å². The van der Waals surface area contributed by atoms with Crippen LogP contribution in [0.2, 0.25) is 0 Å². The predicted octanol–water partition coefficient (Wildman–Crippen LogP) is 3.65. The summed E-state index contributed by atoms with van der Waals surface area (Å²) in [4.78, 5) is 20.9. The molecule has 0 radical (unpaired) electrons. The lowest BCUT2D eigenvalue weighted by Gasteiger charge is -2.33. The first-order chi connectivity index (χ1) is 14.6. The van der Waals surface area contributed by atoms with E-state index in [0.29, 0.717) is 6.54 Å². The number of fused-ring (bicyclic) bond motifs is 1. The van der Waals surface area contributed by atoms with Crippen molar-refractivity contribution in [2.24, 2.45) is 23.0 Å². The van der Waals surface area contributed by atoms with Crippen LogP contribution in [-0.2, 0) is 18.3 Å². The number of hydrogen-bond acceptors (Lipinski definition) is 6. The molecule has 2 aliphatic heterocycles. The molecule has 8 nitrogen and oxygen atoms in total. The Kier molecular flexibility index (Phi) is 5.19. The van der Waals surface area contributed by atoms with Crippen molar-refractivity contribution < 1.29 is 9.53 Å². The molecule has 1 aromatic carbocycles. The molecule has 2 aliphatic rings. The highest BCUT2D eigenvalue weighted by Crippen LogP contribution is 2.43. The summed E-state index contributed by atoms with van der Waals surface area (Å²) in [6.07, 6.45) is 5.58. The number of carbonyl (C=O) groups excluding carboxylic acids is 1. The van der Waals surface area contributed by atoms with E-state index in [1.54, 1.807) is 4.68 Å². The molecule has 1 amide bonds. The second-order valence-electron chi connectivity index (χ2n) is 9.16. The summed E-state index contributed by atoms with van der Waals surface area (Å²) < 4.78 is 7.06. The Hall–Kier alpha value is -3.38. The zero-order chi connectivity index (χ0) is 22.2. The Morgan fingerprint density at radius 1 is 1.32 bits per heavy atom. The van der Waals surface area contributed by atoms with E-state index in [1.807, 2.05) is 64.5 Å². The molecule has 0 bridgehead atoms. The second-order valence-corrected chi connectivity index (χ2v) is 9.16. The number of rotatable bonds is 4. The van der Waals surface area contributed by atoms with E-state index >= 15 is 0 Å². The fourth-order valence-corrected chi connectivity index (χ4v) is 3.85. The number of hydrogen-bond donors (Lipinski definition) is 2. The number of carbonyl (C=O) groups is 1. The molecular weight excluding hydrogens is 392 g/mol. The van der Waals surface area contributed by atoms with E-state index in [-0.39, 0.29) is 12.0 Å². The van der Waals surface area contributed by atoms with E-state index in [9.17, 15) is 4.79 Å². The Morgan fingerprint density at radius 2 is 2.06 bits per heavy atom. The van der Waals surface area contributed by atoms with Crippen LogP contribution in [0.1, 0.15) is 50.4 Å². The van der Waals surface area contributed by atoms with Crippen molar-refractivity contribution in [2.75, 3.05) is 0 Å². The highest BCUT2D eigenvalue weighted by atomic mass is 16.6. The van der Waals surface area contributed by atoms with Gasteiger partial charge in [0.25, 0.3) is 0 Å². The van der Waals surface area contributed by atoms with Gasteiger partial charge in [0, 0.05) is 31.0 Å². The van der Waals surface area contributed by atoms with E-state index in [0.717, 1.165) is 22.4 Å². The van der Waals surface area contributed by atoms with E-state index < -0.39 is 17.4 Å². The zero-order valence-corrected chi connectivity index (χ0v) is 18.5. The highest BCUT2D eigenvalue weighted by molar-refractivity contribution is 5.68. The van der Waals surface area contributed by atoms with Crippen LogP contribution in [-0.4, -0.2) is 33.1 Å². The summed E-state index contributed by atoms with van der Waals surface area (Å²) in [7, 11) is 1.90. The Balaban J connectivity index is 1.48. The number of aromatic nitrogens is 2. The Bertz CT molecular complexity index is 1070. The number of benzene rings is 1. The molecule has 2 aromatic rings. The average Bonchev–Trinajstić information content (AvgIpc) is 3.28. The third kappa shape index (κ3) is 4.54. The van der Waals surface area contributed by atoms with Crippen molar-refractivity contribution in [1.82, 2.24) is 20.4 Å². The van der Waals surface area contributed by atoms with Crippen molar-refractivity contribution in [1.29, 1.82) is 0 Å². The van der Waals surface area contributed by atoms with Crippen molar-refractivity contribution >= 4 is 17.8 Å². The van der Waals surface area contributed by atoms with Gasteiger partial charge in [-0.15, -0.1) is 0 Å². The van der Waals surface area contributed by atoms with Crippen LogP contribution in [0.4, 0.5) is 4.79 Å². The molecule has 4 rings (SSSR count). The van der Waals surface area contributed by atoms with Crippen LogP contribution in [0.3, 0.4) is 0 Å². The SMILES string of the molecule is Cn1cc(C2=CC3C(c4ccc(CNC(=O)OC(C)(C)C)cc4)N=C=NC3(C)N2)cn1. The van der Waals surface area contributed by atoms with Crippen LogP contribution in [0.15, 0.2) is 52.7 Å². The smallest absolute Gasteiger partial charge is 0.407 e. The van der Waals surface area contributed by atoms with E-state index in [1.165, 1.54) is 0 Å². The molecule has 0 fully saturated rings. The minimum Gasteiger partial charge on any atom is -0.444 e. The molecule has 3 heterocycles. The van der Waals surface area contributed by atoms with Crippen molar-refractivity contribution in [3.05, 3.63) is 59.4 Å². The van der Waals surface area contributed by atoms with Gasteiger partial charge in [-0.25, -0.2) is 9.79 Å². The van der Waals surface area contributed by atoms with Crippen LogP contribution in [0.25, 0.3) is 5.70 Å². The molecule has 0 saturated heterocycles. The average molecular weight is 421 g/mol. The predicted molar refractivity (Wildman–Crippen MR) is 118 cm³/mol. The lowest BCUT2D eigenvalue weighted by molar-refractivity contribution is 0.0523. The number of nitrogens with zero attached hydrogens (tertiary/aromatic N) is 4. The fraction of sp³-hybridized carbons (Fsp3) is 0.435. The van der Waals surface area contributed by atoms with Crippen molar-refractivity contribution in [2.45, 2.75) is 51.5 Å². The Labute approximate surface area is 182 Å². The first kappa shape index (κ1) is 20.9. The van der Waals surface area contributed by atoms with Crippen LogP contribution in [0.5, 0.6) is 0 Å². The minimum absolute atomic E-state index is 0.0506. The maximum absolute atomic E-state index is 11.9. The lowest BCUT2D eigenvalue weighted by atomic mass is 9.84. The third-order valence-electron chi connectivity index (χ3n) is 5.38. The molecule has 0 spiro atoms. The molecule has 3 atom stereocenters. The summed E-state index contributed by atoms with van der Waals surface area (Å²) in [6.45, 7) is 7.99. The summed E-state index contributed by atoms with van der Waals surface area (Å²) in [6, 6.07) is 10.8. The van der Waals surface area contributed by atoms with Gasteiger partial charge in [0.2, 0.25) is 0 Å². The van der Waals surface area contributed by atoms with Crippen LogP contribution < -0.4 is 10.6 Å². The molecule has 0 aliphatic carbocycles. The van der Waals surface area contributed by atoms with Crippen LogP contribution in [0, 0.1) is 5.92 Å². The monoisotopic (exact) mass is 420 g/mol. The number of alkyl carbamates (subject to hydrolysis) is 1. The minimum atomic E-state index is -0.515. The first-order valence-corrected chi connectivity index (χ1v) is 10.3. The fourth-order valence-electron chi connectivity index (χ4n) is 3.85. The first-order valence-electron chi connectivity index (χ1n) is 10.3. The quantitative estimate of drug-likeness (QED) is 0.790. The normalized spacial score (nSPS) is 24.4. The molecule has 3 unspecified atom stereocenters.